The summed E-state index contributed by atoms with van der Waals surface area (Å²) in [6.07, 6.45) is -0.692. The molecule has 0 saturated heterocycles. The average molecular weight is 522 g/mol. The van der Waals surface area contributed by atoms with Gasteiger partial charge in [0.2, 0.25) is 5.88 Å². The number of thiazole rings is 1. The molecule has 3 aromatic rings. The monoisotopic (exact) mass is 521 g/mol. The molecule has 0 atom stereocenters. The van der Waals surface area contributed by atoms with Gasteiger partial charge in [0.05, 0.1) is 15.8 Å². The average Bonchev–Trinajstić information content (AvgIpc) is 3.36. The molecule has 1 aliphatic rings. The minimum atomic E-state index is -4.61. The Kier molecular flexibility index (Phi) is 7.21. The number of halogens is 4. The van der Waals surface area contributed by atoms with Crippen molar-refractivity contribution in [3.8, 4) is 5.88 Å². The van der Waals surface area contributed by atoms with Crippen LogP contribution in [-0.2, 0) is 19.1 Å². The van der Waals surface area contributed by atoms with Crippen molar-refractivity contribution >= 4 is 34.6 Å². The lowest BCUT2D eigenvalue weighted by Crippen LogP contribution is -2.18. The first-order chi connectivity index (χ1) is 16.5. The first kappa shape index (κ1) is 25.2. The number of benzene rings is 2. The topological polar surface area (TPSA) is 57.8 Å². The summed E-state index contributed by atoms with van der Waals surface area (Å²) in [5.41, 5.74) is 0.379. The number of hydrogen-bond acceptors (Lipinski definition) is 5. The first-order valence-corrected chi connectivity index (χ1v) is 12.0. The van der Waals surface area contributed by atoms with Gasteiger partial charge in [0.1, 0.15) is 0 Å². The Bertz CT molecular complexity index is 1470. The van der Waals surface area contributed by atoms with Crippen molar-refractivity contribution in [1.29, 1.82) is 0 Å². The summed E-state index contributed by atoms with van der Waals surface area (Å²) in [4.78, 5) is 18.8. The Labute approximate surface area is 208 Å². The van der Waals surface area contributed by atoms with Crippen LogP contribution in [0.1, 0.15) is 28.0 Å². The Hall–Kier alpha value is -2.88. The van der Waals surface area contributed by atoms with E-state index in [-0.39, 0.29) is 32.6 Å². The highest BCUT2D eigenvalue weighted by Crippen LogP contribution is 2.37. The maximum atomic E-state index is 13.8. The van der Waals surface area contributed by atoms with Crippen LogP contribution in [0.4, 0.5) is 13.2 Å². The second-order valence-corrected chi connectivity index (χ2v) is 9.90. The predicted molar refractivity (Wildman–Crippen MR) is 132 cm³/mol. The van der Waals surface area contributed by atoms with E-state index in [9.17, 15) is 23.1 Å². The molecule has 0 spiro atoms. The molecule has 0 radical (unpaired) electrons. The van der Waals surface area contributed by atoms with Crippen molar-refractivity contribution in [3.05, 3.63) is 89.4 Å². The lowest BCUT2D eigenvalue weighted by molar-refractivity contribution is -0.138. The second-order valence-electron chi connectivity index (χ2n) is 8.50. The van der Waals surface area contributed by atoms with Gasteiger partial charge in [0, 0.05) is 29.8 Å². The van der Waals surface area contributed by atoms with Crippen molar-refractivity contribution in [2.45, 2.75) is 25.6 Å². The molecule has 5 nitrogen and oxygen atoms in total. The van der Waals surface area contributed by atoms with E-state index in [4.69, 9.17) is 11.6 Å². The largest absolute Gasteiger partial charge is 0.493 e. The van der Waals surface area contributed by atoms with Crippen LogP contribution in [0.25, 0.3) is 11.6 Å². The van der Waals surface area contributed by atoms with Gasteiger partial charge >= 0.3 is 11.0 Å². The van der Waals surface area contributed by atoms with Gasteiger partial charge in [-0.15, -0.1) is 0 Å². The highest BCUT2D eigenvalue weighted by molar-refractivity contribution is 7.10. The van der Waals surface area contributed by atoms with E-state index in [1.807, 2.05) is 19.0 Å². The molecule has 0 aliphatic carbocycles. The molecule has 2 heterocycles. The summed E-state index contributed by atoms with van der Waals surface area (Å²) in [6.45, 7) is 1.02. The third kappa shape index (κ3) is 5.52. The highest BCUT2D eigenvalue weighted by atomic mass is 35.5. The minimum Gasteiger partial charge on any atom is -0.493 e. The normalized spacial score (nSPS) is 13.8. The van der Waals surface area contributed by atoms with Gasteiger partial charge in [-0.1, -0.05) is 35.1 Å². The van der Waals surface area contributed by atoms with E-state index in [2.05, 4.69) is 4.99 Å². The van der Waals surface area contributed by atoms with Crippen LogP contribution in [0.3, 0.4) is 0 Å². The highest BCUT2D eigenvalue weighted by Gasteiger charge is 2.34. The molecule has 1 aromatic heterocycles. The summed E-state index contributed by atoms with van der Waals surface area (Å²) < 4.78 is 42.7. The molecule has 4 rings (SSSR count). The summed E-state index contributed by atoms with van der Waals surface area (Å²) in [7, 11) is 3.82. The van der Waals surface area contributed by atoms with Gasteiger partial charge in [-0.3, -0.25) is 14.4 Å². The Balaban J connectivity index is 1.88. The molecular formula is C25H23ClF3N3O2S. The number of aromatic hydroxyl groups is 1. The quantitative estimate of drug-likeness (QED) is 0.505. The fourth-order valence-corrected chi connectivity index (χ4v) is 5.15. The van der Waals surface area contributed by atoms with Crippen LogP contribution in [0.2, 0.25) is 5.02 Å². The van der Waals surface area contributed by atoms with E-state index in [0.717, 1.165) is 28.3 Å². The van der Waals surface area contributed by atoms with Gasteiger partial charge < -0.3 is 10.0 Å². The van der Waals surface area contributed by atoms with Gasteiger partial charge in [-0.05, 0) is 73.8 Å². The summed E-state index contributed by atoms with van der Waals surface area (Å²) in [6, 6.07) is 8.96. The second kappa shape index (κ2) is 10.0. The van der Waals surface area contributed by atoms with Crippen LogP contribution in [0, 0.1) is 0 Å². The standard InChI is InChI=1S/C25H23ClF3N3O2S/c1-31(2)10-3-11-32-23(33)22(35-24(32)34)19(15-5-7-21-17(12-15)8-9-30-21)13-16-4-6-18(26)14-20(16)25(27,28)29/h4-9,12,14,33H,3,10-11,13H2,1-2H3. The van der Waals surface area contributed by atoms with Crippen molar-refractivity contribution in [3.63, 3.8) is 0 Å². The number of fused-ring (bicyclic) bond motifs is 1. The zero-order chi connectivity index (χ0) is 25.3. The fraction of sp³-hybridized carbons (Fsp3) is 0.280. The molecule has 1 aliphatic heterocycles. The third-order valence-electron chi connectivity index (χ3n) is 5.72. The maximum absolute atomic E-state index is 13.8. The smallest absolute Gasteiger partial charge is 0.416 e. The molecule has 0 fully saturated rings. The molecule has 1 N–H and O–H groups in total. The molecule has 0 saturated carbocycles. The van der Waals surface area contributed by atoms with Gasteiger partial charge in [-0.25, -0.2) is 0 Å². The molecule has 2 aromatic carbocycles. The Morgan fingerprint density at radius 1 is 1.20 bits per heavy atom. The van der Waals surface area contributed by atoms with Crippen molar-refractivity contribution in [2.75, 3.05) is 20.6 Å². The summed E-state index contributed by atoms with van der Waals surface area (Å²) in [5, 5.41) is 12.3. The zero-order valence-corrected chi connectivity index (χ0v) is 20.6. The maximum Gasteiger partial charge on any atom is 0.416 e. The van der Waals surface area contributed by atoms with Gasteiger partial charge in [-0.2, -0.15) is 13.2 Å². The van der Waals surface area contributed by atoms with E-state index in [0.29, 0.717) is 30.3 Å². The van der Waals surface area contributed by atoms with Crippen LogP contribution in [0.5, 0.6) is 5.88 Å². The molecule has 35 heavy (non-hydrogen) atoms. The molecule has 10 heteroatoms. The van der Waals surface area contributed by atoms with Crippen LogP contribution in [-0.4, -0.2) is 35.2 Å². The Morgan fingerprint density at radius 3 is 2.69 bits per heavy atom. The minimum absolute atomic E-state index is 0.00275. The van der Waals surface area contributed by atoms with Crippen LogP contribution >= 0.6 is 22.9 Å². The third-order valence-corrected chi connectivity index (χ3v) is 6.98. The molecule has 0 unspecified atom stereocenters. The van der Waals surface area contributed by atoms with Crippen LogP contribution < -0.4 is 15.4 Å². The number of nitrogens with zero attached hydrogens (tertiary/aromatic N) is 3. The summed E-state index contributed by atoms with van der Waals surface area (Å²) >= 11 is 6.70. The SMILES string of the molecule is CN(C)CCCn1c(O)c(C(Cc2ccc(Cl)cc2C(F)(F)F)=c2ccc3c(c2)C=CN=3)sc1=O. The lowest BCUT2D eigenvalue weighted by atomic mass is 9.96. The van der Waals surface area contributed by atoms with Crippen molar-refractivity contribution in [2.24, 2.45) is 4.99 Å². The Morgan fingerprint density at radius 2 is 1.97 bits per heavy atom. The first-order valence-electron chi connectivity index (χ1n) is 10.9. The zero-order valence-electron chi connectivity index (χ0n) is 19.1. The van der Waals surface area contributed by atoms with Gasteiger partial charge in [0.25, 0.3) is 0 Å². The molecule has 0 amide bonds. The molecule has 0 bridgehead atoms. The van der Waals surface area contributed by atoms with E-state index >= 15 is 0 Å². The van der Waals surface area contributed by atoms with E-state index < -0.39 is 11.7 Å². The van der Waals surface area contributed by atoms with E-state index in [1.165, 1.54) is 16.7 Å². The predicted octanol–water partition coefficient (Wildman–Crippen LogP) is 4.28. The number of hydrogen-bond donors (Lipinski definition) is 1. The van der Waals surface area contributed by atoms with Crippen molar-refractivity contribution in [1.82, 2.24) is 9.47 Å². The molecule has 184 valence electrons. The van der Waals surface area contributed by atoms with Crippen molar-refractivity contribution < 1.29 is 18.3 Å². The summed E-state index contributed by atoms with van der Waals surface area (Å²) in [5.74, 6) is -0.239. The lowest BCUT2D eigenvalue weighted by Gasteiger charge is -2.15. The number of alkyl halides is 3. The fourth-order valence-electron chi connectivity index (χ4n) is 4.00. The van der Waals surface area contributed by atoms with Crippen LogP contribution in [0.15, 0.2) is 52.4 Å². The van der Waals surface area contributed by atoms with Gasteiger partial charge in [0.15, 0.2) is 0 Å². The number of aromatic nitrogens is 1. The molecular weight excluding hydrogens is 499 g/mol. The van der Waals surface area contributed by atoms with E-state index in [1.54, 1.807) is 30.5 Å². The number of rotatable bonds is 7.